The van der Waals surface area contributed by atoms with E-state index in [0.717, 1.165) is 82.8 Å². The molecule has 4 aromatic rings. The van der Waals surface area contributed by atoms with Gasteiger partial charge >= 0.3 is 5.97 Å². The minimum Gasteiger partial charge on any atom is -0.460 e. The molecule has 13 heteroatoms. The lowest BCUT2D eigenvalue weighted by molar-refractivity contribution is -0.169. The first-order valence-electron chi connectivity index (χ1n) is 20.3. The van der Waals surface area contributed by atoms with Crippen molar-refractivity contribution in [3.8, 4) is 0 Å². The molecule has 11 nitrogen and oxygen atoms in total. The number of aromatic nitrogens is 2. The molecule has 55 heavy (non-hydrogen) atoms. The van der Waals surface area contributed by atoms with Crippen molar-refractivity contribution in [2.75, 3.05) is 20.1 Å². The second-order valence-electron chi connectivity index (χ2n) is 16.3. The van der Waals surface area contributed by atoms with Gasteiger partial charge in [-0.1, -0.05) is 12.1 Å². The van der Waals surface area contributed by atoms with Gasteiger partial charge in [0, 0.05) is 32.1 Å². The van der Waals surface area contributed by atoms with Crippen LogP contribution in [-0.2, 0) is 45.9 Å². The van der Waals surface area contributed by atoms with Crippen LogP contribution in [0.25, 0.3) is 11.0 Å². The highest BCUT2D eigenvalue weighted by atomic mass is 32.1. The number of fused-ring (bicyclic) bond motifs is 4. The number of nitrogens with zero attached hydrogens (tertiary/aromatic N) is 3. The molecule has 0 bridgehead atoms. The number of aliphatic hydroxyl groups is 3. The summed E-state index contributed by atoms with van der Waals surface area (Å²) in [5.41, 5.74) is 4.64. The van der Waals surface area contributed by atoms with Crippen molar-refractivity contribution in [1.29, 1.82) is 0 Å². The lowest BCUT2D eigenvalue weighted by atomic mass is 9.68. The van der Waals surface area contributed by atoms with Gasteiger partial charge in [-0.3, -0.25) is 4.79 Å². The molecule has 4 heterocycles. The van der Waals surface area contributed by atoms with Gasteiger partial charge in [-0.05, 0) is 142 Å². The number of ether oxygens (including phenoxy) is 1. The molecule has 5 atom stereocenters. The first kappa shape index (κ1) is 38.7. The van der Waals surface area contributed by atoms with E-state index in [2.05, 4.69) is 33.2 Å². The van der Waals surface area contributed by atoms with E-state index in [1.165, 1.54) is 44.9 Å². The van der Waals surface area contributed by atoms with E-state index in [-0.39, 0.29) is 29.9 Å². The Kier molecular flexibility index (Phi) is 11.8. The van der Waals surface area contributed by atoms with Gasteiger partial charge in [-0.25, -0.2) is 9.78 Å². The van der Waals surface area contributed by atoms with Crippen LogP contribution in [-0.4, -0.2) is 92.2 Å². The Morgan fingerprint density at radius 1 is 1.07 bits per heavy atom. The topological polar surface area (TPSA) is 149 Å². The second-order valence-corrected chi connectivity index (χ2v) is 18.2. The number of piperidine rings is 1. The molecule has 1 aliphatic heterocycles. The van der Waals surface area contributed by atoms with Crippen molar-refractivity contribution >= 4 is 45.6 Å². The lowest BCUT2D eigenvalue weighted by Crippen LogP contribution is -2.58. The maximum atomic E-state index is 13.5. The van der Waals surface area contributed by atoms with Crippen LogP contribution in [0, 0.1) is 11.8 Å². The summed E-state index contributed by atoms with van der Waals surface area (Å²) in [6.07, 6.45) is 11.0. The largest absolute Gasteiger partial charge is 0.460 e. The zero-order chi connectivity index (χ0) is 38.1. The van der Waals surface area contributed by atoms with Crippen LogP contribution in [0.1, 0.15) is 90.7 Å². The molecular formula is C42H55N5O6S2. The predicted molar refractivity (Wildman–Crippen MR) is 214 cm³/mol. The number of carbonyl (C=O) groups is 2. The Balaban J connectivity index is 0.820. The normalized spacial score (nSPS) is 26.2. The van der Waals surface area contributed by atoms with Gasteiger partial charge in [0.1, 0.15) is 6.10 Å². The third kappa shape index (κ3) is 7.90. The SMILES string of the molecule is CN(CCCn1cnc2cc(CNC[C@H](O)C3CCC(O)C4NC(=O)CCC43)c3c(c21)CCC3)C1CCC(OC(=O)C(O)(c2cccs2)c2cccs2)CC1. The first-order chi connectivity index (χ1) is 26.7. The number of aryl methyl sites for hydroxylation is 2. The minimum absolute atomic E-state index is 0.0000662. The van der Waals surface area contributed by atoms with Gasteiger partial charge < -0.3 is 40.2 Å². The van der Waals surface area contributed by atoms with Crippen molar-refractivity contribution in [1.82, 2.24) is 25.1 Å². The average molecular weight is 790 g/mol. The molecular weight excluding hydrogens is 735 g/mol. The Hall–Kier alpha value is -3.17. The van der Waals surface area contributed by atoms with Gasteiger partial charge in [0.15, 0.2) is 0 Å². The standard InChI is InChI=1S/C42H55N5O6S2/c1-46(27-10-12-28(13-11-27)53-41(51)42(52,36-8-3-20-54-36)37-9-4-21-55-37)18-5-19-47-25-44-33-22-26(29-6-2-7-32(29)40(33)47)23-43-24-35(49)30-14-16-34(48)39-31(30)15-17-38(50)45-39/h3-4,8-9,20-22,25,27-28,30-31,34-35,39,43,48-49,52H,2,5-7,10-19,23-24H2,1H3,(H,45,50)/t27?,28?,30?,31?,34?,35-,39?/m0/s1. The average Bonchev–Trinajstić information content (AvgIpc) is 4.03. The Morgan fingerprint density at radius 3 is 2.55 bits per heavy atom. The molecule has 1 aromatic carbocycles. The summed E-state index contributed by atoms with van der Waals surface area (Å²) in [5, 5.41) is 43.6. The number of hydrogen-bond donors (Lipinski definition) is 5. The van der Waals surface area contributed by atoms with E-state index in [4.69, 9.17) is 9.72 Å². The number of carbonyl (C=O) groups excluding carboxylic acids is 2. The summed E-state index contributed by atoms with van der Waals surface area (Å²) in [7, 11) is 2.20. The minimum atomic E-state index is -1.77. The molecule has 3 fully saturated rings. The number of rotatable bonds is 14. The van der Waals surface area contributed by atoms with Crippen LogP contribution >= 0.6 is 22.7 Å². The number of benzene rings is 1. The molecule has 3 aromatic heterocycles. The summed E-state index contributed by atoms with van der Waals surface area (Å²) in [6.45, 7) is 3.02. The number of imidazole rings is 1. The molecule has 0 radical (unpaired) electrons. The van der Waals surface area contributed by atoms with E-state index >= 15 is 0 Å². The number of amides is 1. The van der Waals surface area contributed by atoms with Crippen LogP contribution in [0.2, 0.25) is 0 Å². The monoisotopic (exact) mass is 789 g/mol. The Morgan fingerprint density at radius 2 is 1.82 bits per heavy atom. The van der Waals surface area contributed by atoms with E-state index in [1.807, 2.05) is 29.2 Å². The van der Waals surface area contributed by atoms with Crippen LogP contribution < -0.4 is 10.6 Å². The highest BCUT2D eigenvalue weighted by molar-refractivity contribution is 7.12. The fraction of sp³-hybridized carbons (Fsp3) is 0.595. The fourth-order valence-electron chi connectivity index (χ4n) is 10.0. The van der Waals surface area contributed by atoms with Gasteiger partial charge in [0.25, 0.3) is 0 Å². The van der Waals surface area contributed by atoms with Crippen LogP contribution in [0.3, 0.4) is 0 Å². The lowest BCUT2D eigenvalue weighted by Gasteiger charge is -2.45. The molecule has 8 rings (SSSR count). The van der Waals surface area contributed by atoms with Gasteiger partial charge in [0.2, 0.25) is 11.5 Å². The second kappa shape index (κ2) is 16.7. The van der Waals surface area contributed by atoms with Gasteiger partial charge in [-0.15, -0.1) is 22.7 Å². The molecule has 4 unspecified atom stereocenters. The number of nitrogens with one attached hydrogen (secondary N) is 2. The Bertz CT molecular complexity index is 1890. The molecule has 1 saturated heterocycles. The number of aliphatic hydroxyl groups excluding tert-OH is 2. The van der Waals surface area contributed by atoms with E-state index in [1.54, 1.807) is 12.1 Å². The molecule has 0 spiro atoms. The van der Waals surface area contributed by atoms with Crippen LogP contribution in [0.5, 0.6) is 0 Å². The van der Waals surface area contributed by atoms with Crippen LogP contribution in [0.4, 0.5) is 0 Å². The number of hydrogen-bond acceptors (Lipinski definition) is 11. The van der Waals surface area contributed by atoms with Crippen molar-refractivity contribution in [2.45, 2.75) is 126 Å². The Labute approximate surface area is 331 Å². The summed E-state index contributed by atoms with van der Waals surface area (Å²) in [5.74, 6) is -0.412. The van der Waals surface area contributed by atoms with Crippen molar-refractivity contribution < 1.29 is 29.6 Å². The summed E-state index contributed by atoms with van der Waals surface area (Å²) in [4.78, 5) is 33.9. The van der Waals surface area contributed by atoms with Gasteiger partial charge in [-0.2, -0.15) is 0 Å². The summed E-state index contributed by atoms with van der Waals surface area (Å²) < 4.78 is 8.33. The molecule has 1 amide bonds. The smallest absolute Gasteiger partial charge is 0.349 e. The van der Waals surface area contributed by atoms with E-state index in [9.17, 15) is 24.9 Å². The molecule has 296 valence electrons. The molecule has 2 saturated carbocycles. The van der Waals surface area contributed by atoms with Crippen molar-refractivity contribution in [2.24, 2.45) is 11.8 Å². The fourth-order valence-corrected chi connectivity index (χ4v) is 11.7. The maximum Gasteiger partial charge on any atom is 0.349 e. The quantitative estimate of drug-likeness (QED) is 0.113. The van der Waals surface area contributed by atoms with E-state index < -0.39 is 23.8 Å². The van der Waals surface area contributed by atoms with Crippen LogP contribution in [0.15, 0.2) is 47.4 Å². The predicted octanol–water partition coefficient (Wildman–Crippen LogP) is 4.88. The first-order valence-corrected chi connectivity index (χ1v) is 22.0. The third-order valence-electron chi connectivity index (χ3n) is 13.0. The molecule has 3 aliphatic carbocycles. The summed E-state index contributed by atoms with van der Waals surface area (Å²) >= 11 is 2.73. The molecule has 5 N–H and O–H groups in total. The number of esters is 1. The summed E-state index contributed by atoms with van der Waals surface area (Å²) in [6, 6.07) is 9.69. The highest BCUT2D eigenvalue weighted by Crippen LogP contribution is 2.40. The van der Waals surface area contributed by atoms with E-state index in [0.29, 0.717) is 41.7 Å². The van der Waals surface area contributed by atoms with Crippen molar-refractivity contribution in [3.63, 3.8) is 0 Å². The van der Waals surface area contributed by atoms with Gasteiger partial charge in [0.05, 0.1) is 45.4 Å². The third-order valence-corrected chi connectivity index (χ3v) is 14.9. The number of thiophene rings is 2. The zero-order valence-electron chi connectivity index (χ0n) is 31.7. The molecule has 4 aliphatic rings. The zero-order valence-corrected chi connectivity index (χ0v) is 33.3. The highest BCUT2D eigenvalue weighted by Gasteiger charge is 2.46. The maximum absolute atomic E-state index is 13.5. The van der Waals surface area contributed by atoms with Crippen molar-refractivity contribution in [3.05, 3.63) is 73.9 Å².